The summed E-state index contributed by atoms with van der Waals surface area (Å²) in [4.78, 5) is 35.4. The number of fused-ring (bicyclic) bond motifs is 1. The number of benzene rings is 2. The Hall–Kier alpha value is -4.13. The van der Waals surface area contributed by atoms with Gasteiger partial charge in [0.2, 0.25) is 5.91 Å². The number of carbonyl (C=O) groups excluding carboxylic acids is 1. The van der Waals surface area contributed by atoms with Gasteiger partial charge >= 0.3 is 0 Å². The lowest BCUT2D eigenvalue weighted by Gasteiger charge is -2.42. The third kappa shape index (κ3) is 5.51. The molecule has 2 aliphatic heterocycles. The minimum absolute atomic E-state index is 0.0435. The predicted octanol–water partition coefficient (Wildman–Crippen LogP) is 6.81. The zero-order chi connectivity index (χ0) is 32.7. The highest BCUT2D eigenvalue weighted by Gasteiger charge is 2.36. The van der Waals surface area contributed by atoms with Gasteiger partial charge in [-0.15, -0.1) is 0 Å². The Morgan fingerprint density at radius 1 is 1.24 bits per heavy atom. The maximum absolute atomic E-state index is 15.7. The Bertz CT molecular complexity index is 1880. The molecule has 3 aromatic rings. The summed E-state index contributed by atoms with van der Waals surface area (Å²) in [5, 5.41) is 11.1. The topological polar surface area (TPSA) is 90.9 Å². The number of ether oxygens (including phenoxy) is 1. The third-order valence-corrected chi connectivity index (χ3v) is 9.28. The molecule has 1 fully saturated rings. The first-order chi connectivity index (χ1) is 21.4. The van der Waals surface area contributed by atoms with E-state index in [1.807, 2.05) is 38.7 Å². The van der Waals surface area contributed by atoms with E-state index < -0.39 is 17.4 Å². The van der Waals surface area contributed by atoms with Crippen molar-refractivity contribution in [1.82, 2.24) is 9.47 Å². The number of nitriles is 1. The maximum atomic E-state index is 15.7. The highest BCUT2D eigenvalue weighted by Crippen LogP contribution is 2.44. The molecule has 1 aromatic heterocycles. The van der Waals surface area contributed by atoms with Crippen molar-refractivity contribution in [3.8, 4) is 22.9 Å². The predicted molar refractivity (Wildman–Crippen MR) is 178 cm³/mol. The number of aromatic nitrogens is 1. The Labute approximate surface area is 271 Å². The number of rotatable bonds is 6. The van der Waals surface area contributed by atoms with Gasteiger partial charge in [0.15, 0.2) is 5.82 Å². The van der Waals surface area contributed by atoms with Gasteiger partial charge in [0.25, 0.3) is 5.56 Å². The minimum atomic E-state index is -0.713. The lowest BCUT2D eigenvalue weighted by molar-refractivity contribution is -0.126. The fourth-order valence-corrected chi connectivity index (χ4v) is 6.87. The van der Waals surface area contributed by atoms with Gasteiger partial charge in [-0.05, 0) is 61.8 Å². The Morgan fingerprint density at radius 2 is 1.98 bits per heavy atom. The number of halogens is 3. The standard InChI is InChI=1S/C34H34Cl2FN5O3/c1-7-28(43)40-12-13-41(20(5)17-40)33-22-14-25(36)21(29-27(45-6)9-8-24(35)30(29)37)15-26(22)42(34(44)23(33)16-38)32-19(4)10-11-39-31(32)18(2)3/h7-11,14-15,18,20,31-32H,1,12-13,17H2,2-6H3/t20-,31?,32?/m0/s1. The number of hydrogen-bond acceptors (Lipinski definition) is 6. The Morgan fingerprint density at radius 3 is 2.60 bits per heavy atom. The van der Waals surface area contributed by atoms with Gasteiger partial charge in [0.05, 0.1) is 41.0 Å². The fourth-order valence-electron chi connectivity index (χ4n) is 6.46. The van der Waals surface area contributed by atoms with Gasteiger partial charge in [-0.1, -0.05) is 43.6 Å². The number of piperazine rings is 1. The summed E-state index contributed by atoms with van der Waals surface area (Å²) in [5.41, 5.74) is 1.55. The zero-order valence-corrected chi connectivity index (χ0v) is 27.3. The van der Waals surface area contributed by atoms with Gasteiger partial charge in [-0.2, -0.15) is 5.26 Å². The molecule has 234 valence electrons. The van der Waals surface area contributed by atoms with Crippen LogP contribution in [-0.2, 0) is 4.79 Å². The molecule has 0 radical (unpaired) electrons. The van der Waals surface area contributed by atoms with E-state index in [0.717, 1.165) is 5.57 Å². The van der Waals surface area contributed by atoms with Crippen LogP contribution in [0.5, 0.6) is 5.75 Å². The van der Waals surface area contributed by atoms with Gasteiger partial charge in [-0.3, -0.25) is 19.1 Å². The molecule has 0 N–H and O–H groups in total. The van der Waals surface area contributed by atoms with Gasteiger partial charge in [0, 0.05) is 47.9 Å². The largest absolute Gasteiger partial charge is 0.496 e. The van der Waals surface area contributed by atoms with Crippen LogP contribution < -0.4 is 15.2 Å². The summed E-state index contributed by atoms with van der Waals surface area (Å²) in [5.74, 6) is -0.631. The van der Waals surface area contributed by atoms with Crippen molar-refractivity contribution in [1.29, 1.82) is 5.26 Å². The number of methoxy groups -OCH3 is 1. The van der Waals surface area contributed by atoms with E-state index in [1.165, 1.54) is 19.3 Å². The highest BCUT2D eigenvalue weighted by atomic mass is 35.5. The van der Waals surface area contributed by atoms with Crippen LogP contribution in [0.2, 0.25) is 10.0 Å². The number of amides is 1. The summed E-state index contributed by atoms with van der Waals surface area (Å²) < 4.78 is 22.8. The first kappa shape index (κ1) is 32.3. The second kappa shape index (κ2) is 12.7. The molecule has 3 heterocycles. The molecule has 1 saturated heterocycles. The van der Waals surface area contributed by atoms with E-state index in [2.05, 4.69) is 12.6 Å². The molecule has 3 atom stereocenters. The van der Waals surface area contributed by atoms with E-state index >= 15 is 4.39 Å². The summed E-state index contributed by atoms with van der Waals surface area (Å²) >= 11 is 13.2. The average molecular weight is 651 g/mol. The second-order valence-electron chi connectivity index (χ2n) is 11.7. The van der Waals surface area contributed by atoms with Crippen LogP contribution >= 0.6 is 23.2 Å². The first-order valence-electron chi connectivity index (χ1n) is 14.7. The van der Waals surface area contributed by atoms with Gasteiger partial charge in [-0.25, -0.2) is 4.39 Å². The summed E-state index contributed by atoms with van der Waals surface area (Å²) in [6, 6.07) is 7.41. The van der Waals surface area contributed by atoms with Crippen LogP contribution in [0.15, 0.2) is 58.4 Å². The smallest absolute Gasteiger partial charge is 0.271 e. The third-order valence-electron chi connectivity index (χ3n) is 8.68. The fraction of sp³-hybridized carbons (Fsp3) is 0.353. The number of anilines is 1. The molecular formula is C34H34Cl2FN5O3. The number of dihydropyridines is 1. The molecule has 2 aromatic carbocycles. The molecule has 1 amide bonds. The van der Waals surface area contributed by atoms with Crippen molar-refractivity contribution in [2.75, 3.05) is 31.6 Å². The highest BCUT2D eigenvalue weighted by molar-refractivity contribution is 6.35. The molecule has 11 heteroatoms. The molecule has 0 spiro atoms. The Balaban J connectivity index is 1.89. The summed E-state index contributed by atoms with van der Waals surface area (Å²) in [6.45, 7) is 12.6. The molecule has 0 saturated carbocycles. The molecule has 5 rings (SSSR count). The van der Waals surface area contributed by atoms with Crippen molar-refractivity contribution in [3.63, 3.8) is 0 Å². The van der Waals surface area contributed by atoms with Crippen molar-refractivity contribution in [2.45, 2.75) is 45.8 Å². The Kier molecular flexibility index (Phi) is 9.11. The van der Waals surface area contributed by atoms with E-state index in [0.29, 0.717) is 36.2 Å². The number of hydrogen-bond donors (Lipinski definition) is 0. The van der Waals surface area contributed by atoms with Gasteiger partial charge < -0.3 is 14.5 Å². The number of pyridine rings is 1. The van der Waals surface area contributed by atoms with Crippen LogP contribution in [0.1, 0.15) is 39.3 Å². The van der Waals surface area contributed by atoms with Crippen molar-refractivity contribution >= 4 is 51.9 Å². The normalized spacial score (nSPS) is 19.9. The van der Waals surface area contributed by atoms with Gasteiger partial charge in [0.1, 0.15) is 17.4 Å². The number of allylic oxidation sites excluding steroid dienone is 1. The van der Waals surface area contributed by atoms with E-state index in [4.69, 9.17) is 32.9 Å². The van der Waals surface area contributed by atoms with Crippen molar-refractivity contribution < 1.29 is 13.9 Å². The van der Waals surface area contributed by atoms with E-state index in [-0.39, 0.29) is 56.4 Å². The molecule has 0 bridgehead atoms. The molecule has 2 unspecified atom stereocenters. The maximum Gasteiger partial charge on any atom is 0.271 e. The molecule has 2 aliphatic rings. The van der Waals surface area contributed by atoms with E-state index in [1.54, 1.807) is 33.9 Å². The SMILES string of the molecule is C=CC(=O)N1CCN(c2c(C#N)c(=O)n(C3C(C)=CC=NC3C(C)C)c3cc(-c4c(OC)ccc(Cl)c4F)c(Cl)cc23)[C@@H](C)C1. The van der Waals surface area contributed by atoms with E-state index in [9.17, 15) is 14.9 Å². The quantitative estimate of drug-likeness (QED) is 0.274. The zero-order valence-electron chi connectivity index (χ0n) is 25.8. The van der Waals surface area contributed by atoms with Crippen LogP contribution in [0.3, 0.4) is 0 Å². The van der Waals surface area contributed by atoms with Crippen molar-refractivity contribution in [2.24, 2.45) is 10.9 Å². The minimum Gasteiger partial charge on any atom is -0.496 e. The first-order valence-corrected chi connectivity index (χ1v) is 15.4. The monoisotopic (exact) mass is 649 g/mol. The van der Waals surface area contributed by atoms with Crippen LogP contribution in [0.4, 0.5) is 10.1 Å². The summed E-state index contributed by atoms with van der Waals surface area (Å²) in [6.07, 6.45) is 4.87. The lowest BCUT2D eigenvalue weighted by atomic mass is 9.88. The molecule has 0 aliphatic carbocycles. The van der Waals surface area contributed by atoms with Crippen LogP contribution in [-0.4, -0.2) is 60.4 Å². The summed E-state index contributed by atoms with van der Waals surface area (Å²) in [7, 11) is 1.42. The lowest BCUT2D eigenvalue weighted by Crippen LogP contribution is -2.54. The molecule has 8 nitrogen and oxygen atoms in total. The van der Waals surface area contributed by atoms with Crippen molar-refractivity contribution in [3.05, 3.63) is 80.3 Å². The average Bonchev–Trinajstić information content (AvgIpc) is 3.02. The molecular weight excluding hydrogens is 616 g/mol. The number of aliphatic imine (C=N–C) groups is 1. The second-order valence-corrected chi connectivity index (χ2v) is 12.5. The van der Waals surface area contributed by atoms with Crippen LogP contribution in [0.25, 0.3) is 22.0 Å². The van der Waals surface area contributed by atoms with Crippen LogP contribution in [0, 0.1) is 23.1 Å². The molecule has 45 heavy (non-hydrogen) atoms. The number of carbonyl (C=O) groups is 1. The number of nitrogens with zero attached hydrogens (tertiary/aromatic N) is 5.